The molecule has 1 amide bonds. The Balaban J connectivity index is 1.77. The van der Waals surface area contributed by atoms with Crippen LogP contribution in [0.1, 0.15) is 24.8 Å². The van der Waals surface area contributed by atoms with Crippen LogP contribution in [0.25, 0.3) is 0 Å². The fourth-order valence-electron chi connectivity index (χ4n) is 3.12. The van der Waals surface area contributed by atoms with Crippen molar-refractivity contribution >= 4 is 11.7 Å². The molecule has 2 bridgehead atoms. The molecule has 0 aliphatic carbocycles. The molecule has 20 heavy (non-hydrogen) atoms. The van der Waals surface area contributed by atoms with Gasteiger partial charge in [0.1, 0.15) is 6.04 Å². The van der Waals surface area contributed by atoms with Crippen molar-refractivity contribution in [2.45, 2.75) is 37.8 Å². The summed E-state index contributed by atoms with van der Waals surface area (Å²) in [6.07, 6.45) is 3.24. The number of benzene rings is 1. The zero-order chi connectivity index (χ0) is 13.9. The minimum Gasteiger partial charge on any atom is -0.344 e. The van der Waals surface area contributed by atoms with Crippen LogP contribution in [-0.2, 0) is 16.0 Å². The third kappa shape index (κ3) is 2.75. The number of hydrogen-bond donors (Lipinski definition) is 1. The Morgan fingerprint density at radius 3 is 2.75 bits per heavy atom. The largest absolute Gasteiger partial charge is 0.344 e. The van der Waals surface area contributed by atoms with Gasteiger partial charge in [-0.25, -0.2) is 0 Å². The molecule has 1 unspecified atom stereocenters. The molecule has 3 atom stereocenters. The number of hydrogen-bond acceptors (Lipinski definition) is 3. The number of rotatable bonds is 2. The first-order chi connectivity index (χ1) is 9.74. The van der Waals surface area contributed by atoms with Crippen LogP contribution in [0, 0.1) is 0 Å². The Labute approximate surface area is 119 Å². The van der Waals surface area contributed by atoms with Crippen molar-refractivity contribution in [1.29, 1.82) is 0 Å². The smallest absolute Gasteiger partial charge is 0.238 e. The summed E-state index contributed by atoms with van der Waals surface area (Å²) < 4.78 is 0. The summed E-state index contributed by atoms with van der Waals surface area (Å²) in [4.78, 5) is 26.5. The summed E-state index contributed by atoms with van der Waals surface area (Å²) in [5.41, 5.74) is 1.17. The van der Waals surface area contributed by atoms with E-state index in [4.69, 9.17) is 0 Å². The monoisotopic (exact) mass is 272 g/mol. The number of fused-ring (bicyclic) bond motifs is 2. The van der Waals surface area contributed by atoms with Gasteiger partial charge in [-0.2, -0.15) is 0 Å². The highest BCUT2D eigenvalue weighted by Gasteiger charge is 2.37. The van der Waals surface area contributed by atoms with Crippen molar-refractivity contribution in [3.63, 3.8) is 0 Å². The molecule has 2 saturated heterocycles. The van der Waals surface area contributed by atoms with Crippen LogP contribution in [0.3, 0.4) is 0 Å². The zero-order valence-corrected chi connectivity index (χ0v) is 11.5. The standard InChI is InChI=1S/C16H20N2O2/c19-15-8-4-5-9-18-11-13(15)17-16(20)14(18)10-12-6-2-1-3-7-12/h1-3,6-7,13-14H,4-5,8-11H2,(H,17,20)/t13-,14+/m0/s1. The summed E-state index contributed by atoms with van der Waals surface area (Å²) in [5.74, 6) is 0.182. The van der Waals surface area contributed by atoms with Crippen LogP contribution in [0.5, 0.6) is 0 Å². The molecule has 2 aliphatic rings. The Morgan fingerprint density at radius 2 is 1.95 bits per heavy atom. The summed E-state index contributed by atoms with van der Waals surface area (Å²) in [7, 11) is 0. The van der Waals surface area contributed by atoms with Gasteiger partial charge in [-0.1, -0.05) is 30.3 Å². The third-order valence-electron chi connectivity index (χ3n) is 4.26. The maximum Gasteiger partial charge on any atom is 0.238 e. The van der Waals surface area contributed by atoms with E-state index in [-0.39, 0.29) is 23.8 Å². The van der Waals surface area contributed by atoms with E-state index in [0.717, 1.165) is 19.4 Å². The number of nitrogens with zero attached hydrogens (tertiary/aromatic N) is 1. The number of nitrogens with one attached hydrogen (secondary N) is 1. The average Bonchev–Trinajstić information content (AvgIpc) is 2.45. The predicted molar refractivity (Wildman–Crippen MR) is 76.3 cm³/mol. The number of Topliss-reactive ketones (excluding diaryl/α,β-unsaturated/α-hetero) is 1. The highest BCUT2D eigenvalue weighted by Crippen LogP contribution is 2.19. The van der Waals surface area contributed by atoms with Crippen molar-refractivity contribution < 1.29 is 9.59 Å². The van der Waals surface area contributed by atoms with Crippen LogP contribution < -0.4 is 5.32 Å². The van der Waals surface area contributed by atoms with Gasteiger partial charge in [0.05, 0.1) is 6.04 Å². The van der Waals surface area contributed by atoms with Crippen molar-refractivity contribution in [3.05, 3.63) is 35.9 Å². The Kier molecular flexibility index (Phi) is 3.83. The van der Waals surface area contributed by atoms with Gasteiger partial charge >= 0.3 is 0 Å². The van der Waals surface area contributed by atoms with Gasteiger partial charge in [-0.05, 0) is 31.4 Å². The molecule has 0 spiro atoms. The lowest BCUT2D eigenvalue weighted by Gasteiger charge is -2.40. The number of carbonyl (C=O) groups is 2. The minimum atomic E-state index is -0.296. The maximum absolute atomic E-state index is 12.3. The molecular formula is C16H20N2O2. The van der Waals surface area contributed by atoms with E-state index in [1.807, 2.05) is 18.2 Å². The molecule has 0 aromatic heterocycles. The number of carbonyl (C=O) groups excluding carboxylic acids is 2. The molecule has 4 heteroatoms. The second kappa shape index (κ2) is 5.75. The quantitative estimate of drug-likeness (QED) is 0.878. The van der Waals surface area contributed by atoms with Crippen molar-refractivity contribution in [2.75, 3.05) is 13.1 Å². The molecule has 4 nitrogen and oxygen atoms in total. The lowest BCUT2D eigenvalue weighted by Crippen LogP contribution is -2.63. The minimum absolute atomic E-state index is 0.000327. The van der Waals surface area contributed by atoms with E-state index >= 15 is 0 Å². The Bertz CT molecular complexity index is 500. The summed E-state index contributed by atoms with van der Waals surface area (Å²) in [6.45, 7) is 1.58. The molecule has 2 aliphatic heterocycles. The number of ketones is 1. The van der Waals surface area contributed by atoms with Crippen LogP contribution in [0.4, 0.5) is 0 Å². The highest BCUT2D eigenvalue weighted by atomic mass is 16.2. The fraction of sp³-hybridized carbons (Fsp3) is 0.500. The van der Waals surface area contributed by atoms with E-state index in [2.05, 4.69) is 22.3 Å². The van der Waals surface area contributed by atoms with Gasteiger partial charge in [-0.15, -0.1) is 0 Å². The van der Waals surface area contributed by atoms with Crippen molar-refractivity contribution in [3.8, 4) is 0 Å². The van der Waals surface area contributed by atoms with Gasteiger partial charge in [-0.3, -0.25) is 14.5 Å². The van der Waals surface area contributed by atoms with Gasteiger partial charge in [0.2, 0.25) is 5.91 Å². The lowest BCUT2D eigenvalue weighted by atomic mass is 9.95. The first kappa shape index (κ1) is 13.3. The fourth-order valence-corrected chi connectivity index (χ4v) is 3.12. The molecule has 2 fully saturated rings. The zero-order valence-electron chi connectivity index (χ0n) is 11.5. The van der Waals surface area contributed by atoms with Gasteiger partial charge in [0, 0.05) is 13.0 Å². The van der Waals surface area contributed by atoms with Crippen LogP contribution in [0.2, 0.25) is 0 Å². The molecule has 2 heterocycles. The maximum atomic E-state index is 12.3. The van der Waals surface area contributed by atoms with E-state index < -0.39 is 0 Å². The predicted octanol–water partition coefficient (Wildman–Crippen LogP) is 1.15. The van der Waals surface area contributed by atoms with Crippen LogP contribution in [-0.4, -0.2) is 41.8 Å². The lowest BCUT2D eigenvalue weighted by molar-refractivity contribution is -0.137. The van der Waals surface area contributed by atoms with E-state index in [1.54, 1.807) is 0 Å². The van der Waals surface area contributed by atoms with E-state index in [1.165, 1.54) is 5.56 Å². The van der Waals surface area contributed by atoms with Gasteiger partial charge in [0.25, 0.3) is 0 Å². The van der Waals surface area contributed by atoms with E-state index in [9.17, 15) is 9.59 Å². The molecule has 0 saturated carbocycles. The topological polar surface area (TPSA) is 49.4 Å². The molecule has 0 radical (unpaired) electrons. The molecular weight excluding hydrogens is 252 g/mol. The van der Waals surface area contributed by atoms with Crippen LogP contribution >= 0.6 is 0 Å². The highest BCUT2D eigenvalue weighted by molar-refractivity contribution is 5.92. The molecule has 1 N–H and O–H groups in total. The van der Waals surface area contributed by atoms with Crippen LogP contribution in [0.15, 0.2) is 30.3 Å². The molecule has 1 aromatic carbocycles. The second-order valence-corrected chi connectivity index (χ2v) is 5.69. The van der Waals surface area contributed by atoms with Crippen molar-refractivity contribution in [2.24, 2.45) is 0 Å². The Morgan fingerprint density at radius 1 is 1.15 bits per heavy atom. The van der Waals surface area contributed by atoms with Crippen molar-refractivity contribution in [1.82, 2.24) is 10.2 Å². The van der Waals surface area contributed by atoms with Gasteiger partial charge in [0.15, 0.2) is 5.78 Å². The molecule has 106 valence electrons. The first-order valence-electron chi connectivity index (χ1n) is 7.35. The van der Waals surface area contributed by atoms with E-state index in [0.29, 0.717) is 19.4 Å². The summed E-state index contributed by atoms with van der Waals surface area (Å²) >= 11 is 0. The molecule has 1 aromatic rings. The second-order valence-electron chi connectivity index (χ2n) is 5.69. The normalized spacial score (nSPS) is 30.3. The first-order valence-corrected chi connectivity index (χ1v) is 7.35. The summed E-state index contributed by atoms with van der Waals surface area (Å²) in [6, 6.07) is 9.64. The number of piperazine rings is 1. The third-order valence-corrected chi connectivity index (χ3v) is 4.26. The Hall–Kier alpha value is -1.68. The SMILES string of the molecule is O=C1CCCCN2C[C@@H]1NC(=O)[C@H]2Cc1ccccc1. The summed E-state index contributed by atoms with van der Waals surface area (Å²) in [5, 5.41) is 2.91. The number of amides is 1. The van der Waals surface area contributed by atoms with Gasteiger partial charge < -0.3 is 5.32 Å². The average molecular weight is 272 g/mol. The molecule has 3 rings (SSSR count).